The topological polar surface area (TPSA) is 56.2 Å². The summed E-state index contributed by atoms with van der Waals surface area (Å²) < 4.78 is 6.40. The molecule has 0 unspecified atom stereocenters. The number of hydrogen-bond acceptors (Lipinski definition) is 3. The normalized spacial score (nSPS) is 16.7. The number of carbonyl (C=O) groups is 1. The van der Waals surface area contributed by atoms with Crippen LogP contribution in [0, 0.1) is 0 Å². The molecule has 1 saturated carbocycles. The second-order valence-corrected chi connectivity index (χ2v) is 4.43. The van der Waals surface area contributed by atoms with E-state index in [1.54, 1.807) is 6.07 Å². The van der Waals surface area contributed by atoms with Crippen LogP contribution in [0.1, 0.15) is 41.5 Å². The first-order valence-corrected chi connectivity index (χ1v) is 5.54. The van der Waals surface area contributed by atoms with Crippen LogP contribution >= 0.6 is 15.9 Å². The number of carbonyl (C=O) groups excluding carboxylic acids is 1. The van der Waals surface area contributed by atoms with Gasteiger partial charge >= 0.3 is 0 Å². The standard InChI is InChI=1S/C10H12BrNO2/c11-7-4-9(8(13)5-12)14-10(7)6-2-1-3-6/h4,6H,1-3,5,12H2. The highest BCUT2D eigenvalue weighted by Gasteiger charge is 2.26. The van der Waals surface area contributed by atoms with Gasteiger partial charge in [0.2, 0.25) is 5.78 Å². The van der Waals surface area contributed by atoms with E-state index in [0.717, 1.165) is 23.1 Å². The van der Waals surface area contributed by atoms with Gasteiger partial charge in [-0.05, 0) is 28.8 Å². The van der Waals surface area contributed by atoms with E-state index in [-0.39, 0.29) is 12.3 Å². The summed E-state index contributed by atoms with van der Waals surface area (Å²) in [6.45, 7) is 0.00403. The number of furan rings is 1. The van der Waals surface area contributed by atoms with Crippen molar-refractivity contribution < 1.29 is 9.21 Å². The van der Waals surface area contributed by atoms with Gasteiger partial charge in [0, 0.05) is 12.0 Å². The molecule has 1 aliphatic rings. The Hall–Kier alpha value is -0.610. The highest BCUT2D eigenvalue weighted by molar-refractivity contribution is 9.10. The Balaban J connectivity index is 2.24. The lowest BCUT2D eigenvalue weighted by atomic mass is 9.84. The summed E-state index contributed by atoms with van der Waals surface area (Å²) in [5, 5.41) is 0. The summed E-state index contributed by atoms with van der Waals surface area (Å²) in [6.07, 6.45) is 3.56. The Morgan fingerprint density at radius 2 is 2.36 bits per heavy atom. The van der Waals surface area contributed by atoms with Crippen molar-refractivity contribution in [2.75, 3.05) is 6.54 Å². The molecule has 14 heavy (non-hydrogen) atoms. The van der Waals surface area contributed by atoms with Crippen LogP contribution in [-0.4, -0.2) is 12.3 Å². The zero-order valence-electron chi connectivity index (χ0n) is 7.75. The fourth-order valence-electron chi connectivity index (χ4n) is 1.57. The maximum atomic E-state index is 11.3. The first-order valence-electron chi connectivity index (χ1n) is 4.75. The van der Waals surface area contributed by atoms with E-state index in [9.17, 15) is 4.79 Å². The first kappa shape index (κ1) is 9.93. The van der Waals surface area contributed by atoms with Gasteiger partial charge < -0.3 is 10.2 Å². The van der Waals surface area contributed by atoms with Gasteiger partial charge in [0.1, 0.15) is 5.76 Å². The molecule has 0 radical (unpaired) electrons. The van der Waals surface area contributed by atoms with Crippen molar-refractivity contribution >= 4 is 21.7 Å². The number of rotatable bonds is 3. The van der Waals surface area contributed by atoms with Crippen LogP contribution in [0.15, 0.2) is 15.0 Å². The van der Waals surface area contributed by atoms with Crippen LogP contribution in [0.25, 0.3) is 0 Å². The Labute approximate surface area is 90.8 Å². The third-order valence-corrected chi connectivity index (χ3v) is 3.27. The van der Waals surface area contributed by atoms with Crippen molar-refractivity contribution in [2.45, 2.75) is 25.2 Å². The van der Waals surface area contributed by atoms with Crippen LogP contribution in [-0.2, 0) is 0 Å². The second kappa shape index (κ2) is 3.87. The summed E-state index contributed by atoms with van der Waals surface area (Å²) in [7, 11) is 0. The molecule has 3 nitrogen and oxygen atoms in total. The molecule has 1 aromatic heterocycles. The minimum atomic E-state index is -0.142. The lowest BCUT2D eigenvalue weighted by Gasteiger charge is -2.23. The molecule has 0 bridgehead atoms. The van der Waals surface area contributed by atoms with Gasteiger partial charge in [0.25, 0.3) is 0 Å². The van der Waals surface area contributed by atoms with Crippen molar-refractivity contribution in [3.8, 4) is 0 Å². The van der Waals surface area contributed by atoms with Gasteiger partial charge in [-0.3, -0.25) is 4.79 Å². The van der Waals surface area contributed by atoms with Gasteiger partial charge in [0.15, 0.2) is 5.76 Å². The van der Waals surface area contributed by atoms with Crippen molar-refractivity contribution in [2.24, 2.45) is 5.73 Å². The van der Waals surface area contributed by atoms with E-state index in [1.165, 1.54) is 6.42 Å². The van der Waals surface area contributed by atoms with Crippen LogP contribution in [0.3, 0.4) is 0 Å². The molecule has 0 atom stereocenters. The molecule has 1 fully saturated rings. The van der Waals surface area contributed by atoms with E-state index in [2.05, 4.69) is 15.9 Å². The average molecular weight is 258 g/mol. The van der Waals surface area contributed by atoms with Gasteiger partial charge in [-0.25, -0.2) is 0 Å². The monoisotopic (exact) mass is 257 g/mol. The molecular formula is C10H12BrNO2. The summed E-state index contributed by atoms with van der Waals surface area (Å²) in [4.78, 5) is 11.3. The molecule has 0 amide bonds. The second-order valence-electron chi connectivity index (χ2n) is 3.58. The van der Waals surface area contributed by atoms with Crippen LogP contribution in [0.2, 0.25) is 0 Å². The minimum absolute atomic E-state index is 0.00403. The number of Topliss-reactive ketones (excluding diaryl/α,β-unsaturated/α-hetero) is 1. The predicted molar refractivity (Wildman–Crippen MR) is 56.4 cm³/mol. The molecule has 1 aliphatic carbocycles. The van der Waals surface area contributed by atoms with E-state index in [4.69, 9.17) is 10.2 Å². The van der Waals surface area contributed by atoms with Gasteiger partial charge in [0.05, 0.1) is 11.0 Å². The molecule has 4 heteroatoms. The third kappa shape index (κ3) is 1.64. The smallest absolute Gasteiger partial charge is 0.211 e. The number of hydrogen-bond donors (Lipinski definition) is 1. The van der Waals surface area contributed by atoms with E-state index >= 15 is 0 Å². The lowest BCUT2D eigenvalue weighted by Crippen LogP contribution is -2.12. The molecule has 2 N–H and O–H groups in total. The molecule has 0 spiro atoms. The number of halogens is 1. The summed E-state index contributed by atoms with van der Waals surface area (Å²) in [5.74, 6) is 1.63. The average Bonchev–Trinajstić information content (AvgIpc) is 2.44. The molecule has 0 aromatic carbocycles. The highest BCUT2D eigenvalue weighted by Crippen LogP contribution is 2.41. The minimum Gasteiger partial charge on any atom is -0.456 e. The molecule has 76 valence electrons. The fourth-order valence-corrected chi connectivity index (χ4v) is 2.18. The quantitative estimate of drug-likeness (QED) is 0.847. The Bertz CT molecular complexity index is 355. The molecule has 0 aliphatic heterocycles. The molecule has 1 heterocycles. The van der Waals surface area contributed by atoms with E-state index in [1.807, 2.05) is 0 Å². The van der Waals surface area contributed by atoms with Crippen LogP contribution in [0.4, 0.5) is 0 Å². The zero-order valence-corrected chi connectivity index (χ0v) is 9.34. The van der Waals surface area contributed by atoms with Gasteiger partial charge in [-0.2, -0.15) is 0 Å². The zero-order chi connectivity index (χ0) is 10.1. The van der Waals surface area contributed by atoms with Crippen molar-refractivity contribution in [1.29, 1.82) is 0 Å². The predicted octanol–water partition coefficient (Wildman–Crippen LogP) is 2.45. The maximum absolute atomic E-state index is 11.3. The third-order valence-electron chi connectivity index (χ3n) is 2.65. The number of ketones is 1. The lowest BCUT2D eigenvalue weighted by molar-refractivity contribution is 0.0971. The van der Waals surface area contributed by atoms with Crippen molar-refractivity contribution in [3.63, 3.8) is 0 Å². The fraction of sp³-hybridized carbons (Fsp3) is 0.500. The highest BCUT2D eigenvalue weighted by atomic mass is 79.9. The molecule has 1 aromatic rings. The SMILES string of the molecule is NCC(=O)c1cc(Br)c(C2CCC2)o1. The van der Waals surface area contributed by atoms with Crippen LogP contribution < -0.4 is 5.73 Å². The summed E-state index contributed by atoms with van der Waals surface area (Å²) >= 11 is 3.40. The Morgan fingerprint density at radius 3 is 2.86 bits per heavy atom. The number of nitrogens with two attached hydrogens (primary N) is 1. The summed E-state index contributed by atoms with van der Waals surface area (Å²) in [5.41, 5.74) is 5.26. The largest absolute Gasteiger partial charge is 0.456 e. The van der Waals surface area contributed by atoms with Crippen LogP contribution in [0.5, 0.6) is 0 Å². The molecule has 2 rings (SSSR count). The summed E-state index contributed by atoms with van der Waals surface area (Å²) in [6, 6.07) is 1.73. The van der Waals surface area contributed by atoms with E-state index in [0.29, 0.717) is 11.7 Å². The maximum Gasteiger partial charge on any atom is 0.211 e. The van der Waals surface area contributed by atoms with Gasteiger partial charge in [-0.15, -0.1) is 0 Å². The van der Waals surface area contributed by atoms with Gasteiger partial charge in [-0.1, -0.05) is 6.42 Å². The van der Waals surface area contributed by atoms with Crippen molar-refractivity contribution in [3.05, 3.63) is 22.1 Å². The molecule has 0 saturated heterocycles. The van der Waals surface area contributed by atoms with Crippen molar-refractivity contribution in [1.82, 2.24) is 0 Å². The Kier molecular flexibility index (Phi) is 2.74. The molecular weight excluding hydrogens is 246 g/mol. The van der Waals surface area contributed by atoms with E-state index < -0.39 is 0 Å². The first-order chi connectivity index (χ1) is 6.72. The Morgan fingerprint density at radius 1 is 1.64 bits per heavy atom.